The Morgan fingerprint density at radius 3 is 2.68 bits per heavy atom. The fourth-order valence-corrected chi connectivity index (χ4v) is 3.50. The van der Waals surface area contributed by atoms with Crippen molar-refractivity contribution in [1.29, 1.82) is 0 Å². The first-order valence-corrected chi connectivity index (χ1v) is 6.60. The Balaban J connectivity index is 2.11. The van der Waals surface area contributed by atoms with E-state index in [2.05, 4.69) is 0 Å². The van der Waals surface area contributed by atoms with E-state index < -0.39 is 16.9 Å². The molecule has 1 saturated carbocycles. The van der Waals surface area contributed by atoms with Crippen LogP contribution in [0.1, 0.15) is 26.7 Å². The molecule has 19 heavy (non-hydrogen) atoms. The number of nitrogens with zero attached hydrogens (tertiary/aromatic N) is 1. The smallest absolute Gasteiger partial charge is 0.305 e. The van der Waals surface area contributed by atoms with Crippen molar-refractivity contribution >= 4 is 11.9 Å². The zero-order valence-electron chi connectivity index (χ0n) is 11.7. The maximum atomic E-state index is 12.6. The van der Waals surface area contributed by atoms with E-state index in [1.165, 1.54) is 4.90 Å². The molecule has 6 heteroatoms. The maximum absolute atomic E-state index is 12.6. The molecular formula is C13H22N2O4. The van der Waals surface area contributed by atoms with Crippen molar-refractivity contribution in [2.75, 3.05) is 20.2 Å². The number of amides is 1. The van der Waals surface area contributed by atoms with Crippen molar-refractivity contribution < 1.29 is 19.4 Å². The van der Waals surface area contributed by atoms with Gasteiger partial charge in [-0.1, -0.05) is 13.8 Å². The SMILES string of the molecule is CN(CCC(=O)O)C(=O)C1(N)C2CCOC2C1(C)C. The van der Waals surface area contributed by atoms with Gasteiger partial charge in [0.25, 0.3) is 0 Å². The van der Waals surface area contributed by atoms with Gasteiger partial charge in [-0.25, -0.2) is 0 Å². The first-order valence-electron chi connectivity index (χ1n) is 6.60. The minimum atomic E-state index is -0.943. The second-order valence-corrected chi connectivity index (χ2v) is 6.15. The molecule has 1 heterocycles. The van der Waals surface area contributed by atoms with Crippen LogP contribution >= 0.6 is 0 Å². The number of ether oxygens (including phenoxy) is 1. The summed E-state index contributed by atoms with van der Waals surface area (Å²) >= 11 is 0. The van der Waals surface area contributed by atoms with Gasteiger partial charge in [0, 0.05) is 31.5 Å². The summed E-state index contributed by atoms with van der Waals surface area (Å²) in [4.78, 5) is 24.6. The van der Waals surface area contributed by atoms with E-state index in [-0.39, 0.29) is 30.9 Å². The summed E-state index contributed by atoms with van der Waals surface area (Å²) in [7, 11) is 1.61. The Morgan fingerprint density at radius 1 is 1.47 bits per heavy atom. The maximum Gasteiger partial charge on any atom is 0.305 e. The largest absolute Gasteiger partial charge is 0.481 e. The van der Waals surface area contributed by atoms with Gasteiger partial charge in [-0.2, -0.15) is 0 Å². The first-order chi connectivity index (χ1) is 8.73. The van der Waals surface area contributed by atoms with Crippen molar-refractivity contribution in [2.24, 2.45) is 17.1 Å². The molecule has 0 aromatic rings. The van der Waals surface area contributed by atoms with E-state index in [9.17, 15) is 9.59 Å². The van der Waals surface area contributed by atoms with Gasteiger partial charge in [0.05, 0.1) is 12.5 Å². The van der Waals surface area contributed by atoms with Gasteiger partial charge >= 0.3 is 5.97 Å². The second-order valence-electron chi connectivity index (χ2n) is 6.15. The third-order valence-corrected chi connectivity index (χ3v) is 4.82. The van der Waals surface area contributed by atoms with Gasteiger partial charge in [0.1, 0.15) is 5.54 Å². The molecule has 2 fully saturated rings. The Hall–Kier alpha value is -1.14. The van der Waals surface area contributed by atoms with Gasteiger partial charge < -0.3 is 20.5 Å². The van der Waals surface area contributed by atoms with Crippen LogP contribution in [0.15, 0.2) is 0 Å². The van der Waals surface area contributed by atoms with Crippen molar-refractivity contribution in [3.63, 3.8) is 0 Å². The number of carbonyl (C=O) groups excluding carboxylic acids is 1. The minimum absolute atomic E-state index is 0.0364. The lowest BCUT2D eigenvalue weighted by Gasteiger charge is -2.61. The van der Waals surface area contributed by atoms with Gasteiger partial charge in [-0.3, -0.25) is 9.59 Å². The van der Waals surface area contributed by atoms with Crippen LogP contribution in [0, 0.1) is 11.3 Å². The number of likely N-dealkylation sites (N-methyl/N-ethyl adjacent to an activating group) is 1. The predicted octanol–water partition coefficient (Wildman–Crippen LogP) is 0.0619. The number of carboxylic acid groups (broad SMARTS) is 1. The summed E-state index contributed by atoms with van der Waals surface area (Å²) in [6.07, 6.45) is 0.765. The average Bonchev–Trinajstić information content (AvgIpc) is 2.81. The highest BCUT2D eigenvalue weighted by molar-refractivity contribution is 5.89. The number of carboxylic acids is 1. The Morgan fingerprint density at radius 2 is 2.11 bits per heavy atom. The van der Waals surface area contributed by atoms with Crippen molar-refractivity contribution in [3.05, 3.63) is 0 Å². The molecule has 1 amide bonds. The summed E-state index contributed by atoms with van der Waals surface area (Å²) in [5.74, 6) is -1.05. The molecule has 6 nitrogen and oxygen atoms in total. The Bertz CT molecular complexity index is 409. The van der Waals surface area contributed by atoms with E-state index in [4.69, 9.17) is 15.6 Å². The van der Waals surface area contributed by atoms with Crippen LogP contribution < -0.4 is 5.73 Å². The number of hydrogen-bond acceptors (Lipinski definition) is 4. The second kappa shape index (κ2) is 4.45. The van der Waals surface area contributed by atoms with E-state index in [1.54, 1.807) is 7.05 Å². The quantitative estimate of drug-likeness (QED) is 0.753. The molecule has 0 aromatic carbocycles. The zero-order chi connectivity index (χ0) is 14.4. The summed E-state index contributed by atoms with van der Waals surface area (Å²) in [6.45, 7) is 4.72. The number of aliphatic carboxylic acids is 1. The van der Waals surface area contributed by atoms with Crippen LogP contribution in [0.4, 0.5) is 0 Å². The topological polar surface area (TPSA) is 92.9 Å². The molecule has 1 saturated heterocycles. The van der Waals surface area contributed by atoms with Crippen LogP contribution in [0.2, 0.25) is 0 Å². The summed E-state index contributed by atoms with van der Waals surface area (Å²) in [5.41, 5.74) is 5.04. The molecular weight excluding hydrogens is 248 g/mol. The number of carbonyl (C=O) groups is 2. The molecule has 108 valence electrons. The minimum Gasteiger partial charge on any atom is -0.481 e. The molecule has 0 aromatic heterocycles. The molecule has 0 spiro atoms. The number of hydrogen-bond donors (Lipinski definition) is 2. The lowest BCUT2D eigenvalue weighted by Crippen LogP contribution is -2.80. The molecule has 2 aliphatic rings. The molecule has 3 N–H and O–H groups in total. The average molecular weight is 270 g/mol. The monoisotopic (exact) mass is 270 g/mol. The highest BCUT2D eigenvalue weighted by Gasteiger charge is 2.71. The van der Waals surface area contributed by atoms with Gasteiger partial charge in [-0.15, -0.1) is 0 Å². The van der Waals surface area contributed by atoms with Crippen LogP contribution in [0.5, 0.6) is 0 Å². The lowest BCUT2D eigenvalue weighted by molar-refractivity contribution is -0.183. The van der Waals surface area contributed by atoms with E-state index in [0.717, 1.165) is 6.42 Å². The third kappa shape index (κ3) is 1.85. The molecule has 0 radical (unpaired) electrons. The fourth-order valence-electron chi connectivity index (χ4n) is 3.50. The third-order valence-electron chi connectivity index (χ3n) is 4.82. The molecule has 3 unspecified atom stereocenters. The van der Waals surface area contributed by atoms with Crippen molar-refractivity contribution in [1.82, 2.24) is 4.90 Å². The number of nitrogens with two attached hydrogens (primary N) is 1. The van der Waals surface area contributed by atoms with Crippen LogP contribution in [-0.2, 0) is 14.3 Å². The normalized spacial score (nSPS) is 35.4. The van der Waals surface area contributed by atoms with Crippen LogP contribution in [-0.4, -0.2) is 53.7 Å². The molecule has 1 aliphatic heterocycles. The summed E-state index contributed by atoms with van der Waals surface area (Å²) in [5, 5.41) is 8.68. The van der Waals surface area contributed by atoms with Gasteiger partial charge in [0.15, 0.2) is 0 Å². The molecule has 2 rings (SSSR count). The Labute approximate surface area is 112 Å². The fraction of sp³-hybridized carbons (Fsp3) is 0.846. The van der Waals surface area contributed by atoms with E-state index in [0.29, 0.717) is 6.61 Å². The summed E-state index contributed by atoms with van der Waals surface area (Å²) in [6, 6.07) is 0. The Kier molecular flexibility index (Phi) is 3.35. The molecule has 0 bridgehead atoms. The number of fused-ring (bicyclic) bond motifs is 1. The van der Waals surface area contributed by atoms with E-state index in [1.807, 2.05) is 13.8 Å². The molecule has 3 atom stereocenters. The lowest BCUT2D eigenvalue weighted by atomic mass is 9.47. The van der Waals surface area contributed by atoms with Crippen LogP contribution in [0.3, 0.4) is 0 Å². The van der Waals surface area contributed by atoms with Crippen molar-refractivity contribution in [2.45, 2.75) is 38.3 Å². The van der Waals surface area contributed by atoms with Crippen LogP contribution in [0.25, 0.3) is 0 Å². The van der Waals surface area contributed by atoms with Crippen molar-refractivity contribution in [3.8, 4) is 0 Å². The van der Waals surface area contributed by atoms with Gasteiger partial charge in [0.2, 0.25) is 5.91 Å². The standard InChI is InChI=1S/C13H22N2O4/c1-12(2)10-8(5-7-19-10)13(12,14)11(18)15(3)6-4-9(16)17/h8,10H,4-7,14H2,1-3H3,(H,16,17). The zero-order valence-corrected chi connectivity index (χ0v) is 11.7. The predicted molar refractivity (Wildman–Crippen MR) is 68.4 cm³/mol. The highest BCUT2D eigenvalue weighted by Crippen LogP contribution is 2.58. The van der Waals surface area contributed by atoms with Gasteiger partial charge in [-0.05, 0) is 6.42 Å². The first kappa shape index (κ1) is 14.3. The van der Waals surface area contributed by atoms with E-state index >= 15 is 0 Å². The molecule has 1 aliphatic carbocycles. The summed E-state index contributed by atoms with van der Waals surface area (Å²) < 4.78 is 5.65. The highest BCUT2D eigenvalue weighted by atomic mass is 16.5. The number of rotatable bonds is 4.